The molecule has 3 aromatic rings. The molecule has 0 radical (unpaired) electrons. The third kappa shape index (κ3) is 2.96. The molecule has 0 saturated carbocycles. The Labute approximate surface area is 141 Å². The molecule has 0 saturated heterocycles. The van der Waals surface area contributed by atoms with Gasteiger partial charge >= 0.3 is 5.97 Å². The summed E-state index contributed by atoms with van der Waals surface area (Å²) < 4.78 is 1.54. The number of hydrogen-bond donors (Lipinski definition) is 1. The van der Waals surface area contributed by atoms with Gasteiger partial charge < -0.3 is 9.67 Å². The summed E-state index contributed by atoms with van der Waals surface area (Å²) in [4.78, 5) is 23.4. The maximum absolute atomic E-state index is 12.5. The van der Waals surface area contributed by atoms with E-state index in [2.05, 4.69) is 0 Å². The molecule has 3 rings (SSSR count). The molecule has 0 aliphatic carbocycles. The van der Waals surface area contributed by atoms with E-state index >= 15 is 0 Å². The molecule has 6 heteroatoms. The molecule has 4 nitrogen and oxygen atoms in total. The van der Waals surface area contributed by atoms with Crippen LogP contribution in [0.3, 0.4) is 0 Å². The van der Waals surface area contributed by atoms with Crippen molar-refractivity contribution in [2.24, 2.45) is 0 Å². The Morgan fingerprint density at radius 3 is 2.35 bits per heavy atom. The first kappa shape index (κ1) is 15.6. The van der Waals surface area contributed by atoms with Gasteiger partial charge in [0.15, 0.2) is 0 Å². The maximum atomic E-state index is 12.5. The van der Waals surface area contributed by atoms with Gasteiger partial charge in [0.1, 0.15) is 0 Å². The van der Waals surface area contributed by atoms with Crippen LogP contribution in [0.1, 0.15) is 15.9 Å². The van der Waals surface area contributed by atoms with Gasteiger partial charge in [-0.3, -0.25) is 4.79 Å². The summed E-state index contributed by atoms with van der Waals surface area (Å²) in [6, 6.07) is 11.4. The number of hydrogen-bond acceptors (Lipinski definition) is 2. The predicted octanol–water partition coefficient (Wildman–Crippen LogP) is 4.05. The van der Waals surface area contributed by atoms with Crippen LogP contribution >= 0.6 is 23.2 Å². The molecule has 1 N–H and O–H groups in total. The quantitative estimate of drug-likeness (QED) is 0.777. The zero-order chi connectivity index (χ0) is 16.6. The summed E-state index contributed by atoms with van der Waals surface area (Å²) in [5.41, 5.74) is 0.862. The molecule has 0 atom stereocenters. The molecule has 1 aromatic heterocycles. The Balaban J connectivity index is 2.01. The van der Waals surface area contributed by atoms with Crippen molar-refractivity contribution < 1.29 is 9.90 Å². The van der Waals surface area contributed by atoms with Crippen LogP contribution in [0.4, 0.5) is 0 Å². The van der Waals surface area contributed by atoms with E-state index in [-0.39, 0.29) is 11.1 Å². The lowest BCUT2D eigenvalue weighted by Crippen LogP contribution is -2.20. The molecule has 0 aliphatic heterocycles. The Morgan fingerprint density at radius 1 is 1.00 bits per heavy atom. The average Bonchev–Trinajstić information content (AvgIpc) is 2.54. The highest BCUT2D eigenvalue weighted by Crippen LogP contribution is 2.28. The number of rotatable bonds is 3. The molecule has 23 heavy (non-hydrogen) atoms. The Morgan fingerprint density at radius 2 is 1.70 bits per heavy atom. The van der Waals surface area contributed by atoms with Crippen molar-refractivity contribution in [3.63, 3.8) is 0 Å². The molecule has 0 fully saturated rings. The standard InChI is InChI=1S/C17H11Cl2NO3/c18-14-6-5-13-12(15(14)19)7-8-20(16(13)21)9-10-1-3-11(4-2-10)17(22)23/h1-8H,9H2,(H,22,23). The number of nitrogens with zero attached hydrogens (tertiary/aromatic N) is 1. The minimum absolute atomic E-state index is 0.177. The van der Waals surface area contributed by atoms with Gasteiger partial charge in [-0.25, -0.2) is 4.79 Å². The van der Waals surface area contributed by atoms with E-state index in [0.717, 1.165) is 5.56 Å². The van der Waals surface area contributed by atoms with E-state index in [1.807, 2.05) is 0 Å². The van der Waals surface area contributed by atoms with Crippen LogP contribution in [0.2, 0.25) is 10.0 Å². The lowest BCUT2D eigenvalue weighted by Gasteiger charge is -2.09. The molecule has 0 aliphatic rings. The van der Waals surface area contributed by atoms with E-state index < -0.39 is 5.97 Å². The van der Waals surface area contributed by atoms with Gasteiger partial charge in [0.05, 0.1) is 22.2 Å². The average molecular weight is 348 g/mol. The van der Waals surface area contributed by atoms with Gasteiger partial charge in [-0.15, -0.1) is 0 Å². The van der Waals surface area contributed by atoms with Gasteiger partial charge in [0, 0.05) is 17.0 Å². The fourth-order valence-corrected chi connectivity index (χ4v) is 2.77. The van der Waals surface area contributed by atoms with E-state index in [4.69, 9.17) is 28.3 Å². The fourth-order valence-electron chi connectivity index (χ4n) is 2.38. The Hall–Kier alpha value is -2.30. The maximum Gasteiger partial charge on any atom is 0.335 e. The van der Waals surface area contributed by atoms with Crippen molar-refractivity contribution in [1.29, 1.82) is 0 Å². The highest BCUT2D eigenvalue weighted by atomic mass is 35.5. The number of fused-ring (bicyclic) bond motifs is 1. The zero-order valence-corrected chi connectivity index (χ0v) is 13.3. The molecule has 0 unspecified atom stereocenters. The summed E-state index contributed by atoms with van der Waals surface area (Å²) in [7, 11) is 0. The molecule has 116 valence electrons. The molecule has 0 amide bonds. The van der Waals surface area contributed by atoms with Crippen LogP contribution in [0.25, 0.3) is 10.8 Å². The van der Waals surface area contributed by atoms with Crippen LogP contribution < -0.4 is 5.56 Å². The van der Waals surface area contributed by atoms with Gasteiger partial charge in [-0.2, -0.15) is 0 Å². The third-order valence-corrected chi connectivity index (χ3v) is 4.42. The van der Waals surface area contributed by atoms with Crippen LogP contribution in [-0.4, -0.2) is 15.6 Å². The lowest BCUT2D eigenvalue weighted by atomic mass is 10.1. The molecule has 0 bridgehead atoms. The first-order valence-electron chi connectivity index (χ1n) is 6.77. The normalized spacial score (nSPS) is 10.9. The van der Waals surface area contributed by atoms with Crippen LogP contribution in [0.5, 0.6) is 0 Å². The summed E-state index contributed by atoms with van der Waals surface area (Å²) >= 11 is 12.1. The van der Waals surface area contributed by atoms with Crippen molar-refractivity contribution in [3.8, 4) is 0 Å². The van der Waals surface area contributed by atoms with Gasteiger partial charge in [0.25, 0.3) is 5.56 Å². The number of aromatic nitrogens is 1. The highest BCUT2D eigenvalue weighted by Gasteiger charge is 2.09. The van der Waals surface area contributed by atoms with Crippen molar-refractivity contribution in [1.82, 2.24) is 4.57 Å². The SMILES string of the molecule is O=C(O)c1ccc(Cn2ccc3c(Cl)c(Cl)ccc3c2=O)cc1. The fraction of sp³-hybridized carbons (Fsp3) is 0.0588. The second-order valence-corrected chi connectivity index (χ2v) is 5.86. The van der Waals surface area contributed by atoms with E-state index in [9.17, 15) is 9.59 Å². The molecular weight excluding hydrogens is 337 g/mol. The van der Waals surface area contributed by atoms with Crippen LogP contribution in [0.15, 0.2) is 53.5 Å². The number of benzene rings is 2. The zero-order valence-electron chi connectivity index (χ0n) is 11.8. The van der Waals surface area contributed by atoms with Gasteiger partial charge in [0.2, 0.25) is 0 Å². The lowest BCUT2D eigenvalue weighted by molar-refractivity contribution is 0.0697. The van der Waals surface area contributed by atoms with E-state index in [1.165, 1.54) is 12.1 Å². The third-order valence-electron chi connectivity index (χ3n) is 3.60. The van der Waals surface area contributed by atoms with Crippen molar-refractivity contribution in [3.05, 3.63) is 80.2 Å². The summed E-state index contributed by atoms with van der Waals surface area (Å²) in [6.07, 6.45) is 1.65. The van der Waals surface area contributed by atoms with Crippen molar-refractivity contribution >= 4 is 39.9 Å². The molecule has 1 heterocycles. The molecule has 2 aromatic carbocycles. The van der Waals surface area contributed by atoms with Crippen LogP contribution in [-0.2, 0) is 6.54 Å². The first-order valence-corrected chi connectivity index (χ1v) is 7.52. The monoisotopic (exact) mass is 347 g/mol. The highest BCUT2D eigenvalue weighted by molar-refractivity contribution is 6.45. The Kier molecular flexibility index (Phi) is 4.11. The number of aromatic carboxylic acids is 1. The second kappa shape index (κ2) is 6.07. The summed E-state index contributed by atoms with van der Waals surface area (Å²) in [5, 5.41) is 10.8. The second-order valence-electron chi connectivity index (χ2n) is 5.07. The number of carboxylic acids is 1. The van der Waals surface area contributed by atoms with Crippen LogP contribution in [0, 0.1) is 0 Å². The largest absolute Gasteiger partial charge is 0.478 e. The number of carbonyl (C=O) groups is 1. The van der Waals surface area contributed by atoms with Gasteiger partial charge in [-0.1, -0.05) is 35.3 Å². The number of carboxylic acid groups (broad SMARTS) is 1. The first-order chi connectivity index (χ1) is 11.0. The van der Waals surface area contributed by atoms with E-state index in [1.54, 1.807) is 41.1 Å². The number of pyridine rings is 1. The Bertz CT molecular complexity index is 962. The van der Waals surface area contributed by atoms with Crippen molar-refractivity contribution in [2.75, 3.05) is 0 Å². The van der Waals surface area contributed by atoms with E-state index in [0.29, 0.717) is 27.4 Å². The summed E-state index contributed by atoms with van der Waals surface area (Å²) in [5.74, 6) is -0.981. The number of halogens is 2. The topological polar surface area (TPSA) is 59.3 Å². The summed E-state index contributed by atoms with van der Waals surface area (Å²) in [6.45, 7) is 0.342. The van der Waals surface area contributed by atoms with Gasteiger partial charge in [-0.05, 0) is 35.9 Å². The predicted molar refractivity (Wildman–Crippen MR) is 90.7 cm³/mol. The van der Waals surface area contributed by atoms with Crippen molar-refractivity contribution in [2.45, 2.75) is 6.54 Å². The molecule has 0 spiro atoms. The minimum Gasteiger partial charge on any atom is -0.478 e. The molecular formula is C17H11Cl2NO3. The smallest absolute Gasteiger partial charge is 0.335 e. The minimum atomic E-state index is -0.981.